The van der Waals surface area contributed by atoms with Crippen molar-refractivity contribution < 1.29 is 0 Å². The molecule has 0 N–H and O–H groups in total. The molecule has 0 saturated heterocycles. The molecule has 10 heavy (non-hydrogen) atoms. The molecular weight excluding hydrogens is 160 g/mol. The molecule has 0 saturated carbocycles. The summed E-state index contributed by atoms with van der Waals surface area (Å²) < 4.78 is 0. The number of hydrogen-bond donors (Lipinski definition) is 0. The van der Waals surface area contributed by atoms with E-state index >= 15 is 0 Å². The zero-order valence-electron chi connectivity index (χ0n) is 7.37. The Hall–Kier alpha value is 0.247. The lowest BCUT2D eigenvalue weighted by molar-refractivity contribution is 1.20. The second-order valence-electron chi connectivity index (χ2n) is 3.52. The van der Waals surface area contributed by atoms with Crippen molar-refractivity contribution in [3.8, 4) is 0 Å². The van der Waals surface area contributed by atoms with Crippen LogP contribution in [0, 0.1) is 0 Å². The second-order valence-corrected chi connectivity index (χ2v) is 8.93. The van der Waals surface area contributed by atoms with Crippen LogP contribution in [-0.4, -0.2) is 14.0 Å². The van der Waals surface area contributed by atoms with Crippen molar-refractivity contribution in [1.82, 2.24) is 0 Å². The molecule has 0 rings (SSSR count). The Balaban J connectivity index is 4.21. The van der Waals surface area contributed by atoms with Gasteiger partial charge in [-0.25, -0.2) is 0 Å². The van der Waals surface area contributed by atoms with Gasteiger partial charge in [-0.3, -0.25) is 0 Å². The van der Waals surface area contributed by atoms with Crippen molar-refractivity contribution in [3.63, 3.8) is 0 Å². The van der Waals surface area contributed by atoms with E-state index in [1.165, 1.54) is 5.20 Å². The van der Waals surface area contributed by atoms with Crippen LogP contribution in [0.4, 0.5) is 0 Å². The van der Waals surface area contributed by atoms with Gasteiger partial charge in [-0.15, -0.1) is 11.6 Å². The molecule has 0 aromatic carbocycles. The topological polar surface area (TPSA) is 0 Å². The monoisotopic (exact) mass is 176 g/mol. The lowest BCUT2D eigenvalue weighted by Gasteiger charge is -2.18. The zero-order chi connectivity index (χ0) is 8.20. The highest BCUT2D eigenvalue weighted by Gasteiger charge is 2.17. The Morgan fingerprint density at radius 2 is 1.90 bits per heavy atom. The minimum Gasteiger partial charge on any atom is -0.122 e. The number of halogens is 1. The first-order valence-corrected chi connectivity index (χ1v) is 7.81. The molecule has 0 nitrogen and oxygen atoms in total. The van der Waals surface area contributed by atoms with Gasteiger partial charge in [0.2, 0.25) is 0 Å². The molecule has 0 amide bonds. The van der Waals surface area contributed by atoms with E-state index in [1.807, 2.05) is 0 Å². The van der Waals surface area contributed by atoms with Crippen LogP contribution in [0.1, 0.15) is 13.3 Å². The third-order valence-electron chi connectivity index (χ3n) is 1.56. The molecule has 0 aliphatic carbocycles. The molecule has 0 aliphatic heterocycles. The summed E-state index contributed by atoms with van der Waals surface area (Å²) in [5, 5.41) is 1.48. The van der Waals surface area contributed by atoms with Crippen LogP contribution in [0.25, 0.3) is 0 Å². The molecule has 60 valence electrons. The normalized spacial score (nSPS) is 13.9. The molecule has 0 aromatic heterocycles. The molecule has 0 spiro atoms. The molecule has 0 radical (unpaired) electrons. The standard InChI is InChI=1S/C8H17ClSi/c1-5-6-8(7-9)10(2,3)4/h6H,5,7H2,1-4H3/b8-6-. The fourth-order valence-corrected chi connectivity index (χ4v) is 3.34. The van der Waals surface area contributed by atoms with Crippen LogP contribution >= 0.6 is 11.6 Å². The van der Waals surface area contributed by atoms with Crippen LogP contribution in [0.2, 0.25) is 19.6 Å². The summed E-state index contributed by atoms with van der Waals surface area (Å²) in [6.07, 6.45) is 3.39. The van der Waals surface area contributed by atoms with Crippen molar-refractivity contribution >= 4 is 19.7 Å². The highest BCUT2D eigenvalue weighted by atomic mass is 35.5. The quantitative estimate of drug-likeness (QED) is 0.457. The average Bonchev–Trinajstić information content (AvgIpc) is 1.80. The highest BCUT2D eigenvalue weighted by molar-refractivity contribution is 6.83. The van der Waals surface area contributed by atoms with E-state index < -0.39 is 8.07 Å². The van der Waals surface area contributed by atoms with Gasteiger partial charge in [0.15, 0.2) is 0 Å². The van der Waals surface area contributed by atoms with E-state index in [-0.39, 0.29) is 0 Å². The number of rotatable bonds is 3. The summed E-state index contributed by atoms with van der Waals surface area (Å²) in [5.74, 6) is 0.726. The van der Waals surface area contributed by atoms with Crippen molar-refractivity contribution in [2.45, 2.75) is 33.0 Å². The van der Waals surface area contributed by atoms with Gasteiger partial charge in [0, 0.05) is 5.88 Å². The minimum absolute atomic E-state index is 0.726. The van der Waals surface area contributed by atoms with E-state index in [9.17, 15) is 0 Å². The Labute approximate surface area is 70.3 Å². The maximum atomic E-state index is 5.80. The van der Waals surface area contributed by atoms with E-state index in [0.29, 0.717) is 0 Å². The van der Waals surface area contributed by atoms with Crippen molar-refractivity contribution in [2.75, 3.05) is 5.88 Å². The van der Waals surface area contributed by atoms with Gasteiger partial charge in [0.25, 0.3) is 0 Å². The lowest BCUT2D eigenvalue weighted by Crippen LogP contribution is -2.24. The van der Waals surface area contributed by atoms with Crippen LogP contribution < -0.4 is 0 Å². The Kier molecular flexibility index (Phi) is 4.30. The molecule has 0 aliphatic rings. The zero-order valence-corrected chi connectivity index (χ0v) is 9.13. The van der Waals surface area contributed by atoms with Crippen molar-refractivity contribution in [2.24, 2.45) is 0 Å². The maximum Gasteiger partial charge on any atom is 0.0735 e. The predicted molar refractivity (Wildman–Crippen MR) is 52.4 cm³/mol. The van der Waals surface area contributed by atoms with Gasteiger partial charge in [-0.05, 0) is 6.42 Å². The molecule has 0 unspecified atom stereocenters. The molecule has 0 atom stereocenters. The fourth-order valence-electron chi connectivity index (χ4n) is 0.808. The maximum absolute atomic E-state index is 5.80. The molecular formula is C8H17ClSi. The molecule has 0 fully saturated rings. The van der Waals surface area contributed by atoms with Crippen molar-refractivity contribution in [3.05, 3.63) is 11.3 Å². The number of hydrogen-bond acceptors (Lipinski definition) is 0. The van der Waals surface area contributed by atoms with E-state index in [2.05, 4.69) is 32.6 Å². The number of allylic oxidation sites excluding steroid dienone is 2. The minimum atomic E-state index is -1.08. The van der Waals surface area contributed by atoms with Gasteiger partial charge in [0.1, 0.15) is 0 Å². The van der Waals surface area contributed by atoms with Gasteiger partial charge in [-0.1, -0.05) is 37.8 Å². The summed E-state index contributed by atoms with van der Waals surface area (Å²) in [4.78, 5) is 0. The summed E-state index contributed by atoms with van der Waals surface area (Å²) in [6.45, 7) is 9.15. The largest absolute Gasteiger partial charge is 0.122 e. The summed E-state index contributed by atoms with van der Waals surface area (Å²) in [6, 6.07) is 0. The SMILES string of the molecule is CC/C=C(/CCl)[Si](C)(C)C. The molecule has 2 heteroatoms. The third-order valence-corrected chi connectivity index (χ3v) is 4.38. The number of alkyl halides is 1. The predicted octanol–water partition coefficient (Wildman–Crippen LogP) is 3.44. The first kappa shape index (κ1) is 10.2. The van der Waals surface area contributed by atoms with Gasteiger partial charge in [-0.2, -0.15) is 0 Å². The van der Waals surface area contributed by atoms with E-state index in [4.69, 9.17) is 11.6 Å². The Morgan fingerprint density at radius 3 is 2.00 bits per heavy atom. The van der Waals surface area contributed by atoms with Crippen LogP contribution in [0.5, 0.6) is 0 Å². The Bertz CT molecular complexity index is 122. The van der Waals surface area contributed by atoms with Crippen LogP contribution in [-0.2, 0) is 0 Å². The van der Waals surface area contributed by atoms with E-state index in [0.717, 1.165) is 12.3 Å². The first-order valence-electron chi connectivity index (χ1n) is 3.77. The van der Waals surface area contributed by atoms with Gasteiger partial charge < -0.3 is 0 Å². The summed E-state index contributed by atoms with van der Waals surface area (Å²) in [5.41, 5.74) is 0. The van der Waals surface area contributed by atoms with Gasteiger partial charge in [0.05, 0.1) is 8.07 Å². The Morgan fingerprint density at radius 1 is 1.40 bits per heavy atom. The van der Waals surface area contributed by atoms with Crippen molar-refractivity contribution in [1.29, 1.82) is 0 Å². The second kappa shape index (κ2) is 4.19. The van der Waals surface area contributed by atoms with E-state index in [1.54, 1.807) is 0 Å². The highest BCUT2D eigenvalue weighted by Crippen LogP contribution is 2.16. The summed E-state index contributed by atoms with van der Waals surface area (Å²) >= 11 is 5.80. The van der Waals surface area contributed by atoms with Crippen LogP contribution in [0.3, 0.4) is 0 Å². The molecule has 0 heterocycles. The molecule has 0 bridgehead atoms. The van der Waals surface area contributed by atoms with Gasteiger partial charge >= 0.3 is 0 Å². The fraction of sp³-hybridized carbons (Fsp3) is 0.750. The average molecular weight is 177 g/mol. The smallest absolute Gasteiger partial charge is 0.0735 e. The van der Waals surface area contributed by atoms with Crippen LogP contribution in [0.15, 0.2) is 11.3 Å². The summed E-state index contributed by atoms with van der Waals surface area (Å²) in [7, 11) is -1.08. The first-order chi connectivity index (χ1) is 4.52. The lowest BCUT2D eigenvalue weighted by atomic mass is 10.4. The molecule has 0 aromatic rings. The third kappa shape index (κ3) is 3.42.